The summed E-state index contributed by atoms with van der Waals surface area (Å²) in [4.78, 5) is 0. The molecule has 2 heteroatoms. The molecule has 4 rings (SSSR count). The lowest BCUT2D eigenvalue weighted by Crippen LogP contribution is -2.56. The number of hydrogen-bond donors (Lipinski definition) is 2. The van der Waals surface area contributed by atoms with Gasteiger partial charge >= 0.3 is 0 Å². The summed E-state index contributed by atoms with van der Waals surface area (Å²) in [5.74, 6) is 3.32. The van der Waals surface area contributed by atoms with E-state index in [1.165, 1.54) is 44.9 Å². The van der Waals surface area contributed by atoms with Gasteiger partial charge in [0.05, 0.1) is 11.7 Å². The van der Waals surface area contributed by atoms with Gasteiger partial charge in [-0.25, -0.2) is 0 Å². The van der Waals surface area contributed by atoms with Crippen molar-refractivity contribution in [2.24, 2.45) is 40.4 Å². The molecule has 0 aromatic rings. The van der Waals surface area contributed by atoms with Crippen molar-refractivity contribution >= 4 is 0 Å². The molecular formula is C27H46O2. The lowest BCUT2D eigenvalue weighted by Gasteiger charge is -2.59. The van der Waals surface area contributed by atoms with Crippen molar-refractivity contribution in [2.75, 3.05) is 0 Å². The molecule has 0 spiro atoms. The van der Waals surface area contributed by atoms with Gasteiger partial charge in [0.1, 0.15) is 0 Å². The highest BCUT2D eigenvalue weighted by atomic mass is 16.3. The molecule has 166 valence electrons. The van der Waals surface area contributed by atoms with Gasteiger partial charge in [-0.05, 0) is 98.2 Å². The van der Waals surface area contributed by atoms with Gasteiger partial charge in [-0.15, -0.1) is 0 Å². The molecule has 2 N–H and O–H groups in total. The molecule has 0 aromatic carbocycles. The third-order valence-electron chi connectivity index (χ3n) is 10.5. The Morgan fingerprint density at radius 3 is 2.45 bits per heavy atom. The van der Waals surface area contributed by atoms with Crippen molar-refractivity contribution in [2.45, 2.75) is 117 Å². The minimum Gasteiger partial charge on any atom is -0.393 e. The molecule has 0 radical (unpaired) electrons. The van der Waals surface area contributed by atoms with Gasteiger partial charge in [-0.3, -0.25) is 0 Å². The highest BCUT2D eigenvalue weighted by molar-refractivity contribution is 5.26. The van der Waals surface area contributed by atoms with Gasteiger partial charge in [-0.1, -0.05) is 59.1 Å². The average Bonchev–Trinajstić information content (AvgIpc) is 2.94. The van der Waals surface area contributed by atoms with Crippen LogP contribution in [0.2, 0.25) is 0 Å². The summed E-state index contributed by atoms with van der Waals surface area (Å²) < 4.78 is 0. The van der Waals surface area contributed by atoms with E-state index >= 15 is 0 Å². The third-order valence-corrected chi connectivity index (χ3v) is 10.5. The molecule has 2 nitrogen and oxygen atoms in total. The zero-order valence-electron chi connectivity index (χ0n) is 19.7. The van der Waals surface area contributed by atoms with E-state index in [-0.39, 0.29) is 11.5 Å². The molecule has 0 aliphatic heterocycles. The van der Waals surface area contributed by atoms with Gasteiger partial charge in [0.25, 0.3) is 0 Å². The van der Waals surface area contributed by atoms with Crippen molar-refractivity contribution in [3.8, 4) is 0 Å². The highest BCUT2D eigenvalue weighted by Gasteiger charge is 2.64. The Morgan fingerprint density at radius 2 is 1.72 bits per heavy atom. The van der Waals surface area contributed by atoms with Crippen LogP contribution >= 0.6 is 0 Å². The van der Waals surface area contributed by atoms with E-state index in [0.717, 1.165) is 43.4 Å². The van der Waals surface area contributed by atoms with Gasteiger partial charge in [0, 0.05) is 0 Å². The predicted molar refractivity (Wildman–Crippen MR) is 121 cm³/mol. The quantitative estimate of drug-likeness (QED) is 0.515. The second-order valence-corrected chi connectivity index (χ2v) is 12.3. The Labute approximate surface area is 179 Å². The fraction of sp³-hybridized carbons (Fsp3) is 0.926. The topological polar surface area (TPSA) is 40.5 Å². The van der Waals surface area contributed by atoms with Crippen LogP contribution in [0, 0.1) is 40.4 Å². The van der Waals surface area contributed by atoms with E-state index in [1.807, 2.05) is 0 Å². The molecule has 1 unspecified atom stereocenters. The number of rotatable bonds is 5. The Balaban J connectivity index is 1.54. The van der Waals surface area contributed by atoms with Gasteiger partial charge < -0.3 is 10.2 Å². The Bertz CT molecular complexity index is 638. The summed E-state index contributed by atoms with van der Waals surface area (Å²) in [6.07, 6.45) is 15.0. The molecule has 4 aliphatic rings. The first kappa shape index (κ1) is 21.9. The minimum absolute atomic E-state index is 0.0846. The molecule has 29 heavy (non-hydrogen) atoms. The fourth-order valence-electron chi connectivity index (χ4n) is 8.57. The molecule has 4 aliphatic carbocycles. The largest absolute Gasteiger partial charge is 0.393 e. The van der Waals surface area contributed by atoms with E-state index in [0.29, 0.717) is 17.3 Å². The van der Waals surface area contributed by atoms with Crippen molar-refractivity contribution in [1.29, 1.82) is 0 Å². The van der Waals surface area contributed by atoms with Crippen LogP contribution in [-0.2, 0) is 0 Å². The minimum atomic E-state index is -0.479. The first-order valence-electron chi connectivity index (χ1n) is 12.7. The van der Waals surface area contributed by atoms with Gasteiger partial charge in [0.2, 0.25) is 0 Å². The average molecular weight is 403 g/mol. The molecule has 3 fully saturated rings. The number of allylic oxidation sites excluding steroid dienone is 1. The molecule has 0 saturated heterocycles. The monoisotopic (exact) mass is 402 g/mol. The maximum Gasteiger partial charge on any atom is 0.0729 e. The summed E-state index contributed by atoms with van der Waals surface area (Å²) in [5, 5.41) is 22.3. The second-order valence-electron chi connectivity index (χ2n) is 12.3. The summed E-state index contributed by atoms with van der Waals surface area (Å²) in [6.45, 7) is 11.9. The number of aliphatic hydroxyl groups excluding tert-OH is 1. The maximum atomic E-state index is 12.1. The van der Waals surface area contributed by atoms with E-state index in [2.05, 4.69) is 40.7 Å². The highest BCUT2D eigenvalue weighted by Crippen LogP contribution is 2.68. The lowest BCUT2D eigenvalue weighted by atomic mass is 9.46. The van der Waals surface area contributed by atoms with E-state index in [1.54, 1.807) is 5.57 Å². The molecule has 0 amide bonds. The van der Waals surface area contributed by atoms with Gasteiger partial charge in [-0.2, -0.15) is 0 Å². The molecule has 0 bridgehead atoms. The van der Waals surface area contributed by atoms with Crippen LogP contribution < -0.4 is 0 Å². The molecule has 0 heterocycles. The van der Waals surface area contributed by atoms with Crippen molar-refractivity contribution < 1.29 is 10.2 Å². The SMILES string of the molecule is CC(C)CCC[C@@H](C)[C@@]1(O)CC[C@H]2[C@@H]3CC=C4CC(O)CC[C@]4(C)[C@H]3CC[C@@]21C. The maximum absolute atomic E-state index is 12.1. The van der Waals surface area contributed by atoms with Crippen molar-refractivity contribution in [3.63, 3.8) is 0 Å². The first-order valence-corrected chi connectivity index (χ1v) is 12.7. The zero-order valence-corrected chi connectivity index (χ0v) is 19.7. The smallest absolute Gasteiger partial charge is 0.0729 e. The van der Waals surface area contributed by atoms with Crippen LogP contribution in [0.15, 0.2) is 11.6 Å². The second kappa shape index (κ2) is 7.66. The summed E-state index contributed by atoms with van der Waals surface area (Å²) in [7, 11) is 0. The Kier molecular flexibility index (Phi) is 5.78. The number of hydrogen-bond acceptors (Lipinski definition) is 2. The van der Waals surface area contributed by atoms with Crippen molar-refractivity contribution in [1.82, 2.24) is 0 Å². The Morgan fingerprint density at radius 1 is 1.00 bits per heavy atom. The summed E-state index contributed by atoms with van der Waals surface area (Å²) in [5.41, 5.74) is 1.46. The normalized spacial score (nSPS) is 47.9. The third kappa shape index (κ3) is 3.36. The van der Waals surface area contributed by atoms with Crippen LogP contribution in [0.5, 0.6) is 0 Å². The first-order chi connectivity index (χ1) is 13.6. The molecule has 3 saturated carbocycles. The lowest BCUT2D eigenvalue weighted by molar-refractivity contribution is -0.150. The molecular weight excluding hydrogens is 356 g/mol. The van der Waals surface area contributed by atoms with Crippen LogP contribution in [0.3, 0.4) is 0 Å². The number of fused-ring (bicyclic) bond motifs is 5. The van der Waals surface area contributed by atoms with Crippen LogP contribution in [0.1, 0.15) is 105 Å². The standard InChI is InChI=1S/C27H46O2/c1-18(2)7-6-8-19(3)27(29)16-13-24-22-10-9-20-17-21(28)11-14-25(20,4)23(22)12-15-26(24,27)5/h9,18-19,21-24,28-29H,6-8,10-17H2,1-5H3/t19-,21?,22-,23+,24+,25+,26+,27+/m1/s1. The molecule has 8 atom stereocenters. The van der Waals surface area contributed by atoms with Gasteiger partial charge in [0.15, 0.2) is 0 Å². The van der Waals surface area contributed by atoms with E-state index < -0.39 is 5.60 Å². The number of aliphatic hydroxyl groups is 2. The zero-order chi connectivity index (χ0) is 21.0. The van der Waals surface area contributed by atoms with E-state index in [4.69, 9.17) is 0 Å². The van der Waals surface area contributed by atoms with Crippen LogP contribution in [-0.4, -0.2) is 21.9 Å². The van der Waals surface area contributed by atoms with Crippen molar-refractivity contribution in [3.05, 3.63) is 11.6 Å². The fourth-order valence-corrected chi connectivity index (χ4v) is 8.57. The van der Waals surface area contributed by atoms with E-state index in [9.17, 15) is 10.2 Å². The predicted octanol–water partition coefficient (Wildman–Crippen LogP) is 6.50. The molecule has 0 aromatic heterocycles. The van der Waals surface area contributed by atoms with Crippen LogP contribution in [0.4, 0.5) is 0 Å². The summed E-state index contributed by atoms with van der Waals surface area (Å²) >= 11 is 0. The Hall–Kier alpha value is -0.340. The van der Waals surface area contributed by atoms with Crippen LogP contribution in [0.25, 0.3) is 0 Å². The summed E-state index contributed by atoms with van der Waals surface area (Å²) in [6, 6.07) is 0.